The van der Waals surface area contributed by atoms with E-state index in [0.717, 1.165) is 4.90 Å². The van der Waals surface area contributed by atoms with Gasteiger partial charge in [-0.25, -0.2) is 4.79 Å². The van der Waals surface area contributed by atoms with Gasteiger partial charge in [0.15, 0.2) is 0 Å². The van der Waals surface area contributed by atoms with Crippen LogP contribution in [-0.2, 0) is 11.3 Å². The molecule has 0 unspecified atom stereocenters. The zero-order valence-corrected chi connectivity index (χ0v) is 12.3. The van der Waals surface area contributed by atoms with Gasteiger partial charge in [0.1, 0.15) is 5.76 Å². The largest absolute Gasteiger partial charge is 0.475 e. The molecular weight excluding hydrogens is 290 g/mol. The Morgan fingerprint density at radius 1 is 1.19 bits per heavy atom. The van der Waals surface area contributed by atoms with Gasteiger partial charge in [-0.2, -0.15) is 0 Å². The average Bonchev–Trinajstić information content (AvgIpc) is 2.93. The number of thioether (sulfide) groups is 1. The molecule has 6 heteroatoms. The predicted octanol–water partition coefficient (Wildman–Crippen LogP) is 2.69. The molecule has 2 rings (SSSR count). The summed E-state index contributed by atoms with van der Waals surface area (Å²) in [6, 6.07) is 10.8. The van der Waals surface area contributed by atoms with E-state index in [1.165, 1.54) is 29.5 Å². The molecule has 2 aromatic rings. The summed E-state index contributed by atoms with van der Waals surface area (Å²) in [6.45, 7) is 2.19. The van der Waals surface area contributed by atoms with Crippen LogP contribution in [0.25, 0.3) is 0 Å². The van der Waals surface area contributed by atoms with Gasteiger partial charge in [0.2, 0.25) is 11.7 Å². The lowest BCUT2D eigenvalue weighted by molar-refractivity contribution is -0.118. The molecule has 0 aliphatic heterocycles. The zero-order valence-electron chi connectivity index (χ0n) is 11.5. The first kappa shape index (κ1) is 15.2. The number of carboxylic acids is 1. The van der Waals surface area contributed by atoms with Crippen molar-refractivity contribution in [1.29, 1.82) is 0 Å². The number of carbonyl (C=O) groups is 2. The molecule has 2 N–H and O–H groups in total. The molecule has 0 saturated heterocycles. The zero-order chi connectivity index (χ0) is 15.2. The summed E-state index contributed by atoms with van der Waals surface area (Å²) in [6.07, 6.45) is 0. The number of rotatable bonds is 6. The van der Waals surface area contributed by atoms with Gasteiger partial charge in [0.05, 0.1) is 12.3 Å². The fourth-order valence-electron chi connectivity index (χ4n) is 1.61. The van der Waals surface area contributed by atoms with Gasteiger partial charge in [0.25, 0.3) is 0 Å². The number of carboxylic acid groups (broad SMARTS) is 1. The first-order valence-corrected chi connectivity index (χ1v) is 7.31. The van der Waals surface area contributed by atoms with Crippen LogP contribution in [0.5, 0.6) is 0 Å². The van der Waals surface area contributed by atoms with E-state index in [0.29, 0.717) is 11.5 Å². The van der Waals surface area contributed by atoms with E-state index in [4.69, 9.17) is 9.52 Å². The molecule has 0 fully saturated rings. The maximum Gasteiger partial charge on any atom is 0.371 e. The number of benzene rings is 1. The second-order valence-corrected chi connectivity index (χ2v) is 5.50. The van der Waals surface area contributed by atoms with Crippen LogP contribution in [-0.4, -0.2) is 22.7 Å². The number of furan rings is 1. The van der Waals surface area contributed by atoms with Crippen LogP contribution < -0.4 is 5.32 Å². The second kappa shape index (κ2) is 6.99. The molecule has 1 aromatic carbocycles. The number of hydrogen-bond donors (Lipinski definition) is 2. The minimum Gasteiger partial charge on any atom is -0.475 e. The van der Waals surface area contributed by atoms with Crippen molar-refractivity contribution in [3.05, 3.63) is 53.5 Å². The summed E-state index contributed by atoms with van der Waals surface area (Å²) in [7, 11) is 0. The number of carbonyl (C=O) groups excluding carboxylic acids is 1. The van der Waals surface area contributed by atoms with Gasteiger partial charge < -0.3 is 14.8 Å². The highest BCUT2D eigenvalue weighted by Crippen LogP contribution is 2.17. The lowest BCUT2D eigenvalue weighted by atomic mass is 10.2. The monoisotopic (exact) mass is 305 g/mol. The van der Waals surface area contributed by atoms with Crippen molar-refractivity contribution in [2.75, 3.05) is 5.75 Å². The molecular formula is C15H15NO4S. The van der Waals surface area contributed by atoms with Crippen LogP contribution in [0.3, 0.4) is 0 Å². The topological polar surface area (TPSA) is 79.5 Å². The quantitative estimate of drug-likeness (QED) is 0.802. The molecule has 0 atom stereocenters. The highest BCUT2D eigenvalue weighted by molar-refractivity contribution is 8.00. The van der Waals surface area contributed by atoms with Crippen molar-refractivity contribution in [1.82, 2.24) is 5.32 Å². The summed E-state index contributed by atoms with van der Waals surface area (Å²) in [5.74, 6) is -0.666. The molecule has 1 aromatic heterocycles. The van der Waals surface area contributed by atoms with Gasteiger partial charge in [-0.1, -0.05) is 17.7 Å². The third-order valence-electron chi connectivity index (χ3n) is 2.72. The normalized spacial score (nSPS) is 10.3. The van der Waals surface area contributed by atoms with Crippen LogP contribution in [0.2, 0.25) is 0 Å². The van der Waals surface area contributed by atoms with Gasteiger partial charge in [0, 0.05) is 4.90 Å². The summed E-state index contributed by atoms with van der Waals surface area (Å²) < 4.78 is 5.05. The highest BCUT2D eigenvalue weighted by atomic mass is 32.2. The van der Waals surface area contributed by atoms with Crippen molar-refractivity contribution in [3.63, 3.8) is 0 Å². The van der Waals surface area contributed by atoms with Gasteiger partial charge in [-0.15, -0.1) is 11.8 Å². The molecule has 1 amide bonds. The van der Waals surface area contributed by atoms with E-state index in [2.05, 4.69) is 5.32 Å². The van der Waals surface area contributed by atoms with E-state index in [9.17, 15) is 9.59 Å². The minimum atomic E-state index is -1.12. The number of aromatic carboxylic acids is 1. The van der Waals surface area contributed by atoms with E-state index in [1.807, 2.05) is 31.2 Å². The Bertz CT molecular complexity index is 633. The Labute approximate surface area is 126 Å². The minimum absolute atomic E-state index is 0.131. The number of hydrogen-bond acceptors (Lipinski definition) is 4. The Morgan fingerprint density at radius 2 is 1.90 bits per heavy atom. The van der Waals surface area contributed by atoms with Crippen molar-refractivity contribution in [3.8, 4) is 0 Å². The molecule has 5 nitrogen and oxygen atoms in total. The smallest absolute Gasteiger partial charge is 0.371 e. The van der Waals surface area contributed by atoms with Gasteiger partial charge >= 0.3 is 5.97 Å². The summed E-state index contributed by atoms with van der Waals surface area (Å²) in [5, 5.41) is 11.4. The van der Waals surface area contributed by atoms with Crippen molar-refractivity contribution < 1.29 is 19.1 Å². The van der Waals surface area contributed by atoms with Crippen molar-refractivity contribution in [2.24, 2.45) is 0 Å². The Morgan fingerprint density at radius 3 is 2.52 bits per heavy atom. The third kappa shape index (κ3) is 4.68. The maximum atomic E-state index is 11.7. The Balaban J connectivity index is 1.76. The average molecular weight is 305 g/mol. The fourth-order valence-corrected chi connectivity index (χ4v) is 2.34. The van der Waals surface area contributed by atoms with Gasteiger partial charge in [-0.05, 0) is 31.2 Å². The van der Waals surface area contributed by atoms with Crippen LogP contribution in [0, 0.1) is 6.92 Å². The molecule has 0 spiro atoms. The second-order valence-electron chi connectivity index (χ2n) is 4.45. The fraction of sp³-hybridized carbons (Fsp3) is 0.200. The molecule has 110 valence electrons. The van der Waals surface area contributed by atoms with Crippen LogP contribution in [0.15, 0.2) is 45.7 Å². The summed E-state index contributed by atoms with van der Waals surface area (Å²) >= 11 is 1.45. The molecule has 1 heterocycles. The first-order chi connectivity index (χ1) is 10.0. The van der Waals surface area contributed by atoms with E-state index >= 15 is 0 Å². The number of nitrogens with one attached hydrogen (secondary N) is 1. The lowest BCUT2D eigenvalue weighted by Crippen LogP contribution is -2.24. The Kier molecular flexibility index (Phi) is 5.05. The van der Waals surface area contributed by atoms with Crippen LogP contribution in [0.1, 0.15) is 21.9 Å². The van der Waals surface area contributed by atoms with E-state index in [1.54, 1.807) is 0 Å². The number of amides is 1. The predicted molar refractivity (Wildman–Crippen MR) is 79.4 cm³/mol. The van der Waals surface area contributed by atoms with Crippen LogP contribution >= 0.6 is 11.8 Å². The third-order valence-corrected chi connectivity index (χ3v) is 3.74. The standard InChI is InChI=1S/C15H15NO4S/c1-10-2-5-12(6-3-10)21-9-14(17)16-8-11-4-7-13(20-11)15(18)19/h2-7H,8-9H2,1H3,(H,16,17)(H,18,19). The molecule has 0 aliphatic rings. The molecule has 0 aliphatic carbocycles. The summed E-state index contributed by atoms with van der Waals surface area (Å²) in [4.78, 5) is 23.4. The van der Waals surface area contributed by atoms with Crippen molar-refractivity contribution >= 4 is 23.6 Å². The molecule has 0 saturated carbocycles. The van der Waals surface area contributed by atoms with E-state index < -0.39 is 5.97 Å². The molecule has 21 heavy (non-hydrogen) atoms. The molecule has 0 radical (unpaired) electrons. The van der Waals surface area contributed by atoms with Gasteiger partial charge in [-0.3, -0.25) is 4.79 Å². The first-order valence-electron chi connectivity index (χ1n) is 6.33. The van der Waals surface area contributed by atoms with Crippen molar-refractivity contribution in [2.45, 2.75) is 18.4 Å². The Hall–Kier alpha value is -2.21. The van der Waals surface area contributed by atoms with E-state index in [-0.39, 0.29) is 18.2 Å². The highest BCUT2D eigenvalue weighted by Gasteiger charge is 2.09. The number of aryl methyl sites for hydroxylation is 1. The molecule has 0 bridgehead atoms. The van der Waals surface area contributed by atoms with Crippen LogP contribution in [0.4, 0.5) is 0 Å². The SMILES string of the molecule is Cc1ccc(SCC(=O)NCc2ccc(C(=O)O)o2)cc1. The summed E-state index contributed by atoms with van der Waals surface area (Å²) in [5.41, 5.74) is 1.18. The maximum absolute atomic E-state index is 11.7. The lowest BCUT2D eigenvalue weighted by Gasteiger charge is -2.04.